The van der Waals surface area contributed by atoms with Crippen molar-refractivity contribution in [3.63, 3.8) is 0 Å². The molecule has 39 heavy (non-hydrogen) atoms. The Balaban J connectivity index is 1.59. The largest absolute Gasteiger partial charge is 0.495 e. The highest BCUT2D eigenvalue weighted by Gasteiger charge is 2.31. The molecule has 208 valence electrons. The zero-order valence-electron chi connectivity index (χ0n) is 21.7. The van der Waals surface area contributed by atoms with E-state index in [2.05, 4.69) is 22.5 Å². The zero-order chi connectivity index (χ0) is 28.2. The summed E-state index contributed by atoms with van der Waals surface area (Å²) in [5, 5.41) is 6.82. The molecule has 4 rings (SSSR count). The number of aromatic nitrogens is 1. The molecule has 3 aromatic rings. The Morgan fingerprint density at radius 2 is 2.00 bits per heavy atom. The Labute approximate surface area is 224 Å². The molecule has 2 heterocycles. The molecule has 1 saturated heterocycles. The van der Waals surface area contributed by atoms with E-state index in [1.807, 2.05) is 11.8 Å². The standard InChI is InChI=1S/C28H31F4N5O2/c1-3-36-13-11-23(21(29)16-36)35-22-7-4-8-25-20(22)15-19(37(25)17-28(30,31)32)6-5-12-34-24-10-9-18(27(33)38)14-26(24)39-2/h4,7-10,14-15,21,23,34-35H,3,11-13,16-17H2,1-2H3,(H2,33,38)/t21-,23+/m0/s1. The van der Waals surface area contributed by atoms with Gasteiger partial charge in [-0.25, -0.2) is 4.39 Å². The van der Waals surface area contributed by atoms with Crippen LogP contribution in [0, 0.1) is 11.8 Å². The molecular weight excluding hydrogens is 514 g/mol. The second-order valence-electron chi connectivity index (χ2n) is 9.35. The molecule has 1 fully saturated rings. The summed E-state index contributed by atoms with van der Waals surface area (Å²) in [6.07, 6.45) is -4.96. The number of nitrogens with one attached hydrogen (secondary N) is 2. The first-order valence-electron chi connectivity index (χ1n) is 12.6. The number of ether oxygens (including phenoxy) is 1. The van der Waals surface area contributed by atoms with Crippen LogP contribution in [0.15, 0.2) is 42.5 Å². The van der Waals surface area contributed by atoms with Gasteiger partial charge in [0.15, 0.2) is 0 Å². The van der Waals surface area contributed by atoms with Crippen molar-refractivity contribution in [1.82, 2.24) is 9.47 Å². The van der Waals surface area contributed by atoms with Gasteiger partial charge in [-0.2, -0.15) is 13.2 Å². The second kappa shape index (κ2) is 11.9. The molecule has 0 spiro atoms. The predicted molar refractivity (Wildman–Crippen MR) is 144 cm³/mol. The summed E-state index contributed by atoms with van der Waals surface area (Å²) < 4.78 is 61.7. The molecule has 1 aliphatic heterocycles. The predicted octanol–water partition coefficient (Wildman–Crippen LogP) is 4.62. The Morgan fingerprint density at radius 3 is 2.67 bits per heavy atom. The lowest BCUT2D eigenvalue weighted by molar-refractivity contribution is -0.140. The number of methoxy groups -OCH3 is 1. The van der Waals surface area contributed by atoms with Crippen LogP contribution in [0.3, 0.4) is 0 Å². The number of likely N-dealkylation sites (tertiary alicyclic amines) is 1. The number of amides is 1. The molecule has 1 aromatic heterocycles. The monoisotopic (exact) mass is 545 g/mol. The first kappa shape index (κ1) is 28.1. The number of hydrogen-bond acceptors (Lipinski definition) is 5. The number of hydrogen-bond donors (Lipinski definition) is 3. The van der Waals surface area contributed by atoms with Crippen molar-refractivity contribution < 1.29 is 27.1 Å². The summed E-state index contributed by atoms with van der Waals surface area (Å²) in [4.78, 5) is 13.4. The molecule has 1 amide bonds. The topological polar surface area (TPSA) is 84.5 Å². The minimum Gasteiger partial charge on any atom is -0.495 e. The van der Waals surface area contributed by atoms with E-state index in [1.54, 1.807) is 30.3 Å². The smallest absolute Gasteiger partial charge is 0.406 e. The summed E-state index contributed by atoms with van der Waals surface area (Å²) >= 11 is 0. The van der Waals surface area contributed by atoms with Crippen LogP contribution < -0.4 is 21.1 Å². The molecule has 4 N–H and O–H groups in total. The van der Waals surface area contributed by atoms with Crippen molar-refractivity contribution in [3.8, 4) is 17.6 Å². The van der Waals surface area contributed by atoms with Crippen LogP contribution in [-0.2, 0) is 6.54 Å². The molecular formula is C28H31F4N5O2. The van der Waals surface area contributed by atoms with Crippen LogP contribution in [0.1, 0.15) is 29.4 Å². The molecule has 7 nitrogen and oxygen atoms in total. The fourth-order valence-electron chi connectivity index (χ4n) is 4.75. The van der Waals surface area contributed by atoms with Crippen molar-refractivity contribution in [1.29, 1.82) is 0 Å². The molecule has 0 aliphatic carbocycles. The summed E-state index contributed by atoms with van der Waals surface area (Å²) in [5.74, 6) is 5.49. The van der Waals surface area contributed by atoms with E-state index < -0.39 is 30.8 Å². The van der Waals surface area contributed by atoms with Crippen LogP contribution in [0.5, 0.6) is 5.75 Å². The van der Waals surface area contributed by atoms with E-state index in [0.29, 0.717) is 41.0 Å². The van der Waals surface area contributed by atoms with E-state index in [0.717, 1.165) is 17.7 Å². The Hall–Kier alpha value is -3.91. The van der Waals surface area contributed by atoms with Gasteiger partial charge in [0, 0.05) is 29.7 Å². The Bertz CT molecular complexity index is 1390. The highest BCUT2D eigenvalue weighted by Crippen LogP contribution is 2.32. The Kier molecular flexibility index (Phi) is 8.55. The maximum absolute atomic E-state index is 14.8. The number of halogens is 4. The molecule has 0 unspecified atom stereocenters. The third kappa shape index (κ3) is 6.75. The number of carbonyl (C=O) groups is 1. The maximum atomic E-state index is 14.8. The average Bonchev–Trinajstić information content (AvgIpc) is 3.24. The number of anilines is 2. The third-order valence-electron chi connectivity index (χ3n) is 6.77. The lowest BCUT2D eigenvalue weighted by Gasteiger charge is -2.35. The number of piperidine rings is 1. The minimum absolute atomic E-state index is 0.102. The van der Waals surface area contributed by atoms with Gasteiger partial charge in [0.1, 0.15) is 18.5 Å². The van der Waals surface area contributed by atoms with Gasteiger partial charge in [-0.3, -0.25) is 4.79 Å². The van der Waals surface area contributed by atoms with Gasteiger partial charge in [0.05, 0.1) is 36.6 Å². The van der Waals surface area contributed by atoms with Gasteiger partial charge >= 0.3 is 6.18 Å². The number of rotatable bonds is 8. The number of fused-ring (bicyclic) bond motifs is 1. The van der Waals surface area contributed by atoms with Crippen molar-refractivity contribution in [3.05, 3.63) is 53.7 Å². The van der Waals surface area contributed by atoms with Crippen LogP contribution in [0.2, 0.25) is 0 Å². The molecule has 0 saturated carbocycles. The second-order valence-corrected chi connectivity index (χ2v) is 9.35. The van der Waals surface area contributed by atoms with E-state index in [4.69, 9.17) is 10.5 Å². The van der Waals surface area contributed by atoms with Crippen molar-refractivity contribution in [2.24, 2.45) is 5.73 Å². The Morgan fingerprint density at radius 1 is 1.21 bits per heavy atom. The van der Waals surface area contributed by atoms with Crippen LogP contribution in [0.25, 0.3) is 10.9 Å². The normalized spacial score (nSPS) is 17.9. The molecule has 0 bridgehead atoms. The minimum atomic E-state index is -4.46. The number of alkyl halides is 4. The first-order valence-corrected chi connectivity index (χ1v) is 12.6. The lowest BCUT2D eigenvalue weighted by atomic mass is 10.0. The number of nitrogens with zero attached hydrogens (tertiary/aromatic N) is 2. The zero-order valence-corrected chi connectivity index (χ0v) is 21.7. The van der Waals surface area contributed by atoms with E-state index in [9.17, 15) is 22.4 Å². The van der Waals surface area contributed by atoms with E-state index in [1.165, 1.54) is 19.2 Å². The molecule has 1 aliphatic rings. The van der Waals surface area contributed by atoms with Crippen molar-refractivity contribution in [2.45, 2.75) is 38.3 Å². The van der Waals surface area contributed by atoms with E-state index in [-0.39, 0.29) is 17.8 Å². The average molecular weight is 546 g/mol. The SMILES string of the molecule is CCN1CC[C@@H](Nc2cccc3c2cc(C#CCNc2ccc(C(N)=O)cc2OC)n3CC(F)(F)F)[C@@H](F)C1. The highest BCUT2D eigenvalue weighted by molar-refractivity contribution is 5.94. The molecule has 11 heteroatoms. The first-order chi connectivity index (χ1) is 18.6. The van der Waals surface area contributed by atoms with Gasteiger partial charge in [0.2, 0.25) is 5.91 Å². The quantitative estimate of drug-likeness (QED) is 0.284. The van der Waals surface area contributed by atoms with Gasteiger partial charge < -0.3 is 30.6 Å². The third-order valence-corrected chi connectivity index (χ3v) is 6.77. The number of primary amides is 1. The van der Waals surface area contributed by atoms with Gasteiger partial charge in [-0.05, 0) is 55.3 Å². The van der Waals surface area contributed by atoms with E-state index >= 15 is 0 Å². The summed E-state index contributed by atoms with van der Waals surface area (Å²) in [5.41, 5.74) is 7.25. The number of benzene rings is 2. The highest BCUT2D eigenvalue weighted by atomic mass is 19.4. The summed E-state index contributed by atoms with van der Waals surface area (Å²) in [7, 11) is 1.44. The summed E-state index contributed by atoms with van der Waals surface area (Å²) in [6.45, 7) is 2.72. The summed E-state index contributed by atoms with van der Waals surface area (Å²) in [6, 6.07) is 10.8. The van der Waals surface area contributed by atoms with Gasteiger partial charge in [-0.1, -0.05) is 18.9 Å². The van der Waals surface area contributed by atoms with Crippen molar-refractivity contribution in [2.75, 3.05) is 43.9 Å². The van der Waals surface area contributed by atoms with Crippen LogP contribution in [0.4, 0.5) is 28.9 Å². The molecule has 2 atom stereocenters. The lowest BCUT2D eigenvalue weighted by Crippen LogP contribution is -2.47. The fourth-order valence-corrected chi connectivity index (χ4v) is 4.75. The number of nitrogens with two attached hydrogens (primary N) is 1. The maximum Gasteiger partial charge on any atom is 0.406 e. The molecule has 2 aromatic carbocycles. The molecule has 0 radical (unpaired) electrons. The van der Waals surface area contributed by atoms with Crippen LogP contribution >= 0.6 is 0 Å². The van der Waals surface area contributed by atoms with Gasteiger partial charge in [0.25, 0.3) is 0 Å². The van der Waals surface area contributed by atoms with Crippen molar-refractivity contribution >= 4 is 28.2 Å². The van der Waals surface area contributed by atoms with Gasteiger partial charge in [-0.15, -0.1) is 0 Å². The number of carbonyl (C=O) groups excluding carboxylic acids is 1. The van der Waals surface area contributed by atoms with Crippen LogP contribution in [-0.4, -0.2) is 67.1 Å². The fraction of sp³-hybridized carbons (Fsp3) is 0.393.